The van der Waals surface area contributed by atoms with Gasteiger partial charge in [0.1, 0.15) is 5.75 Å². The molecule has 1 aliphatic rings. The summed E-state index contributed by atoms with van der Waals surface area (Å²) in [5, 5.41) is 0. The summed E-state index contributed by atoms with van der Waals surface area (Å²) in [6.45, 7) is 10.00. The Morgan fingerprint density at radius 2 is 2.05 bits per heavy atom. The molecule has 2 nitrogen and oxygen atoms in total. The topological polar surface area (TPSA) is 35.2 Å². The van der Waals surface area contributed by atoms with Crippen molar-refractivity contribution in [3.05, 3.63) is 27.7 Å². The van der Waals surface area contributed by atoms with Gasteiger partial charge in [0, 0.05) is 16.9 Å². The molecule has 118 valence electrons. The molecular formula is C18H28BrNO. The third kappa shape index (κ3) is 5.00. The lowest BCUT2D eigenvalue weighted by molar-refractivity contribution is 0.284. The maximum absolute atomic E-state index is 6.40. The molecule has 2 unspecified atom stereocenters. The minimum atomic E-state index is 0.199. The molecule has 2 atom stereocenters. The van der Waals surface area contributed by atoms with Crippen LogP contribution in [0.15, 0.2) is 16.6 Å². The summed E-state index contributed by atoms with van der Waals surface area (Å²) in [7, 11) is 0. The number of nitrogens with two attached hydrogens (primary N) is 1. The molecule has 0 fully saturated rings. The van der Waals surface area contributed by atoms with Crippen LogP contribution in [0.1, 0.15) is 51.7 Å². The number of benzene rings is 1. The predicted octanol–water partition coefficient (Wildman–Crippen LogP) is 4.72. The Morgan fingerprint density at radius 3 is 2.71 bits per heavy atom. The van der Waals surface area contributed by atoms with Crippen LogP contribution in [-0.4, -0.2) is 12.6 Å². The Kier molecular flexibility index (Phi) is 5.37. The maximum Gasteiger partial charge on any atom is 0.125 e. The van der Waals surface area contributed by atoms with E-state index in [0.29, 0.717) is 11.3 Å². The minimum Gasteiger partial charge on any atom is -0.493 e. The molecule has 0 amide bonds. The summed E-state index contributed by atoms with van der Waals surface area (Å²) in [5.74, 6) is 1.73. The van der Waals surface area contributed by atoms with Crippen molar-refractivity contribution in [1.29, 1.82) is 0 Å². The van der Waals surface area contributed by atoms with Gasteiger partial charge in [-0.25, -0.2) is 0 Å². The van der Waals surface area contributed by atoms with Crippen LogP contribution in [-0.2, 0) is 12.8 Å². The van der Waals surface area contributed by atoms with Gasteiger partial charge in [0.05, 0.1) is 6.61 Å². The normalized spacial score (nSPS) is 17.2. The Bertz CT molecular complexity index is 493. The fraction of sp³-hybridized carbons (Fsp3) is 0.667. The summed E-state index contributed by atoms with van der Waals surface area (Å²) < 4.78 is 6.93. The number of hydrogen-bond acceptors (Lipinski definition) is 2. The SMILES string of the molecule is CC(CC(N)Cc1cc(Br)cc2c1OCC2)CC(C)(C)C. The van der Waals surface area contributed by atoms with Gasteiger partial charge in [-0.3, -0.25) is 0 Å². The molecule has 21 heavy (non-hydrogen) atoms. The molecule has 2 rings (SSSR count). The quantitative estimate of drug-likeness (QED) is 0.831. The van der Waals surface area contributed by atoms with Gasteiger partial charge in [-0.15, -0.1) is 0 Å². The zero-order valence-corrected chi connectivity index (χ0v) is 15.3. The van der Waals surface area contributed by atoms with Gasteiger partial charge < -0.3 is 10.5 Å². The molecule has 1 heterocycles. The molecule has 0 aromatic heterocycles. The first kappa shape index (κ1) is 16.8. The van der Waals surface area contributed by atoms with Gasteiger partial charge in [-0.05, 0) is 53.9 Å². The highest BCUT2D eigenvalue weighted by Gasteiger charge is 2.21. The second-order valence-electron chi connectivity index (χ2n) is 7.72. The van der Waals surface area contributed by atoms with Crippen LogP contribution < -0.4 is 10.5 Å². The van der Waals surface area contributed by atoms with E-state index in [2.05, 4.69) is 55.8 Å². The van der Waals surface area contributed by atoms with Crippen molar-refractivity contribution in [1.82, 2.24) is 0 Å². The van der Waals surface area contributed by atoms with E-state index < -0.39 is 0 Å². The van der Waals surface area contributed by atoms with E-state index in [4.69, 9.17) is 10.5 Å². The zero-order valence-electron chi connectivity index (χ0n) is 13.7. The Labute approximate surface area is 137 Å². The summed E-state index contributed by atoms with van der Waals surface area (Å²) >= 11 is 3.60. The number of fused-ring (bicyclic) bond motifs is 1. The maximum atomic E-state index is 6.40. The highest BCUT2D eigenvalue weighted by Crippen LogP contribution is 2.34. The molecule has 0 saturated carbocycles. The molecule has 0 spiro atoms. The van der Waals surface area contributed by atoms with E-state index in [0.717, 1.165) is 36.1 Å². The van der Waals surface area contributed by atoms with Crippen molar-refractivity contribution in [3.8, 4) is 5.75 Å². The van der Waals surface area contributed by atoms with E-state index in [-0.39, 0.29) is 6.04 Å². The summed E-state index contributed by atoms with van der Waals surface area (Å²) in [4.78, 5) is 0. The third-order valence-electron chi connectivity index (χ3n) is 3.97. The van der Waals surface area contributed by atoms with Gasteiger partial charge in [-0.2, -0.15) is 0 Å². The molecular weight excluding hydrogens is 326 g/mol. The fourth-order valence-corrected chi connectivity index (χ4v) is 4.06. The van der Waals surface area contributed by atoms with E-state index in [1.54, 1.807) is 0 Å². The molecule has 0 bridgehead atoms. The zero-order chi connectivity index (χ0) is 15.6. The number of halogens is 1. The van der Waals surface area contributed by atoms with Crippen molar-refractivity contribution in [2.24, 2.45) is 17.1 Å². The van der Waals surface area contributed by atoms with Crippen LogP contribution in [0.5, 0.6) is 5.75 Å². The molecule has 1 aromatic rings. The largest absolute Gasteiger partial charge is 0.493 e. The first-order valence-electron chi connectivity index (χ1n) is 7.94. The van der Waals surface area contributed by atoms with Crippen LogP contribution >= 0.6 is 15.9 Å². The van der Waals surface area contributed by atoms with E-state index in [1.165, 1.54) is 17.5 Å². The smallest absolute Gasteiger partial charge is 0.125 e. The molecule has 3 heteroatoms. The second-order valence-corrected chi connectivity index (χ2v) is 8.64. The van der Waals surface area contributed by atoms with Crippen LogP contribution in [0, 0.1) is 11.3 Å². The summed E-state index contributed by atoms with van der Waals surface area (Å²) in [6.07, 6.45) is 4.19. The Morgan fingerprint density at radius 1 is 1.33 bits per heavy atom. The van der Waals surface area contributed by atoms with Gasteiger partial charge in [0.25, 0.3) is 0 Å². The Balaban J connectivity index is 1.99. The van der Waals surface area contributed by atoms with Gasteiger partial charge in [0.2, 0.25) is 0 Å². The highest BCUT2D eigenvalue weighted by atomic mass is 79.9. The van der Waals surface area contributed by atoms with Crippen molar-refractivity contribution in [3.63, 3.8) is 0 Å². The van der Waals surface area contributed by atoms with Crippen molar-refractivity contribution in [2.45, 2.75) is 59.4 Å². The molecule has 0 saturated heterocycles. The minimum absolute atomic E-state index is 0.199. The molecule has 0 aliphatic carbocycles. The van der Waals surface area contributed by atoms with Crippen LogP contribution in [0.3, 0.4) is 0 Å². The average molecular weight is 354 g/mol. The fourth-order valence-electron chi connectivity index (χ4n) is 3.51. The molecule has 0 radical (unpaired) electrons. The van der Waals surface area contributed by atoms with E-state index in [1.807, 2.05) is 0 Å². The van der Waals surface area contributed by atoms with E-state index >= 15 is 0 Å². The van der Waals surface area contributed by atoms with Crippen LogP contribution in [0.25, 0.3) is 0 Å². The van der Waals surface area contributed by atoms with Crippen molar-refractivity contribution >= 4 is 15.9 Å². The van der Waals surface area contributed by atoms with Crippen molar-refractivity contribution in [2.75, 3.05) is 6.61 Å². The summed E-state index contributed by atoms with van der Waals surface area (Å²) in [6, 6.07) is 4.53. The van der Waals surface area contributed by atoms with Gasteiger partial charge in [0.15, 0.2) is 0 Å². The van der Waals surface area contributed by atoms with E-state index in [9.17, 15) is 0 Å². The number of hydrogen-bond donors (Lipinski definition) is 1. The molecule has 1 aliphatic heterocycles. The Hall–Kier alpha value is -0.540. The van der Waals surface area contributed by atoms with Crippen LogP contribution in [0.2, 0.25) is 0 Å². The second kappa shape index (κ2) is 6.70. The van der Waals surface area contributed by atoms with Crippen molar-refractivity contribution < 1.29 is 4.74 Å². The van der Waals surface area contributed by atoms with Crippen LogP contribution in [0.4, 0.5) is 0 Å². The monoisotopic (exact) mass is 353 g/mol. The molecule has 2 N–H and O–H groups in total. The average Bonchev–Trinajstić information content (AvgIpc) is 2.73. The first-order valence-corrected chi connectivity index (χ1v) is 8.73. The van der Waals surface area contributed by atoms with Gasteiger partial charge in [-0.1, -0.05) is 43.6 Å². The summed E-state index contributed by atoms with van der Waals surface area (Å²) in [5.41, 5.74) is 9.34. The molecule has 1 aromatic carbocycles. The lowest BCUT2D eigenvalue weighted by Crippen LogP contribution is -2.27. The lowest BCUT2D eigenvalue weighted by atomic mass is 9.82. The number of ether oxygens (including phenoxy) is 1. The van der Waals surface area contributed by atoms with Gasteiger partial charge >= 0.3 is 0 Å². The lowest BCUT2D eigenvalue weighted by Gasteiger charge is -2.25. The predicted molar refractivity (Wildman–Crippen MR) is 92.9 cm³/mol. The number of rotatable bonds is 5. The third-order valence-corrected chi connectivity index (χ3v) is 4.43. The first-order chi connectivity index (χ1) is 9.74. The highest BCUT2D eigenvalue weighted by molar-refractivity contribution is 9.10. The standard InChI is InChI=1S/C18H28BrNO/c1-12(11-18(2,3)4)7-16(20)10-14-9-15(19)8-13-5-6-21-17(13)14/h8-9,12,16H,5-7,10-11,20H2,1-4H3.